The van der Waals surface area contributed by atoms with Gasteiger partial charge < -0.3 is 14.7 Å². The molecule has 0 unspecified atom stereocenters. The maximum absolute atomic E-state index is 11.2. The quantitative estimate of drug-likeness (QED) is 0.905. The van der Waals surface area contributed by atoms with Crippen molar-refractivity contribution in [2.45, 2.75) is 51.7 Å². The van der Waals surface area contributed by atoms with Crippen LogP contribution < -0.4 is 4.74 Å². The van der Waals surface area contributed by atoms with Crippen LogP contribution in [0, 0.1) is 5.41 Å². The third-order valence-corrected chi connectivity index (χ3v) is 4.66. The summed E-state index contributed by atoms with van der Waals surface area (Å²) >= 11 is 0. The van der Waals surface area contributed by atoms with Gasteiger partial charge in [-0.3, -0.25) is 4.68 Å². The minimum absolute atomic E-state index is 0.313. The molecule has 5 heteroatoms. The molecule has 21 heavy (non-hydrogen) atoms. The zero-order valence-corrected chi connectivity index (χ0v) is 14.0. The highest BCUT2D eigenvalue weighted by Crippen LogP contribution is 2.47. The molecule has 120 valence electrons. The van der Waals surface area contributed by atoms with Gasteiger partial charge in [0.1, 0.15) is 11.3 Å². The lowest BCUT2D eigenvalue weighted by atomic mass is 9.70. The SMILES string of the molecule is COc1cnn(CCN(C)C)c1C1(O)CCC(C)(C)CC1. The van der Waals surface area contributed by atoms with E-state index in [1.807, 2.05) is 18.8 Å². The van der Waals surface area contributed by atoms with E-state index in [-0.39, 0.29) is 0 Å². The summed E-state index contributed by atoms with van der Waals surface area (Å²) in [6.45, 7) is 6.19. The molecule has 1 fully saturated rings. The van der Waals surface area contributed by atoms with Crippen LogP contribution in [0.3, 0.4) is 0 Å². The zero-order chi connectivity index (χ0) is 15.7. The number of aliphatic hydroxyl groups is 1. The Hall–Kier alpha value is -1.07. The van der Waals surface area contributed by atoms with Gasteiger partial charge in [-0.05, 0) is 45.2 Å². The fraction of sp³-hybridized carbons (Fsp3) is 0.812. The third kappa shape index (κ3) is 3.58. The van der Waals surface area contributed by atoms with Crippen LogP contribution in [-0.4, -0.2) is 47.5 Å². The number of aromatic nitrogens is 2. The maximum Gasteiger partial charge on any atom is 0.162 e. The average Bonchev–Trinajstić information content (AvgIpc) is 2.84. The molecule has 0 aromatic carbocycles. The number of likely N-dealkylation sites (N-methyl/N-ethyl adjacent to an activating group) is 1. The second kappa shape index (κ2) is 5.97. The van der Waals surface area contributed by atoms with Gasteiger partial charge in [0.15, 0.2) is 5.75 Å². The standard InChI is InChI=1S/C16H29N3O2/c1-15(2)6-8-16(20,9-7-15)14-13(21-5)12-17-19(14)11-10-18(3)4/h12,20H,6-11H2,1-5H3. The molecule has 5 nitrogen and oxygen atoms in total. The maximum atomic E-state index is 11.2. The molecule has 1 saturated carbocycles. The first-order valence-corrected chi connectivity index (χ1v) is 7.75. The summed E-state index contributed by atoms with van der Waals surface area (Å²) in [5.41, 5.74) is 0.347. The van der Waals surface area contributed by atoms with Crippen molar-refractivity contribution in [3.63, 3.8) is 0 Å². The van der Waals surface area contributed by atoms with E-state index in [2.05, 4.69) is 23.8 Å². The van der Waals surface area contributed by atoms with Crippen molar-refractivity contribution in [3.05, 3.63) is 11.9 Å². The number of hydrogen-bond acceptors (Lipinski definition) is 4. The predicted octanol–water partition coefficient (Wildman–Crippen LogP) is 2.24. The minimum atomic E-state index is -0.816. The highest BCUT2D eigenvalue weighted by atomic mass is 16.5. The molecule has 0 amide bonds. The first-order valence-electron chi connectivity index (χ1n) is 7.75. The lowest BCUT2D eigenvalue weighted by Gasteiger charge is -2.40. The van der Waals surface area contributed by atoms with Crippen molar-refractivity contribution in [3.8, 4) is 5.75 Å². The van der Waals surface area contributed by atoms with Crippen LogP contribution in [0.4, 0.5) is 0 Å². The summed E-state index contributed by atoms with van der Waals surface area (Å²) in [6, 6.07) is 0. The molecule has 1 heterocycles. The van der Waals surface area contributed by atoms with Crippen LogP contribution >= 0.6 is 0 Å². The molecule has 2 rings (SSSR count). The molecular weight excluding hydrogens is 266 g/mol. The molecule has 0 aliphatic heterocycles. The van der Waals surface area contributed by atoms with Gasteiger partial charge in [0, 0.05) is 6.54 Å². The highest BCUT2D eigenvalue weighted by Gasteiger charge is 2.42. The van der Waals surface area contributed by atoms with Crippen molar-refractivity contribution in [1.29, 1.82) is 0 Å². The number of hydrogen-bond donors (Lipinski definition) is 1. The number of ether oxygens (including phenoxy) is 1. The second-order valence-electron chi connectivity index (χ2n) is 7.28. The van der Waals surface area contributed by atoms with Crippen LogP contribution in [0.5, 0.6) is 5.75 Å². The first kappa shape index (κ1) is 16.3. The van der Waals surface area contributed by atoms with E-state index in [0.717, 1.165) is 44.5 Å². The van der Waals surface area contributed by atoms with E-state index in [4.69, 9.17) is 4.74 Å². The Kier molecular flexibility index (Phi) is 4.63. The Labute approximate surface area is 127 Å². The van der Waals surface area contributed by atoms with Gasteiger partial charge in [-0.1, -0.05) is 13.8 Å². The van der Waals surface area contributed by atoms with Crippen molar-refractivity contribution in [2.75, 3.05) is 27.7 Å². The van der Waals surface area contributed by atoms with Gasteiger partial charge in [0.05, 0.1) is 19.9 Å². The van der Waals surface area contributed by atoms with Crippen molar-refractivity contribution < 1.29 is 9.84 Å². The van der Waals surface area contributed by atoms with Crippen LogP contribution in [0.1, 0.15) is 45.2 Å². The molecule has 1 aliphatic rings. The van der Waals surface area contributed by atoms with Crippen molar-refractivity contribution in [2.24, 2.45) is 5.41 Å². The Balaban J connectivity index is 2.26. The van der Waals surface area contributed by atoms with Crippen molar-refractivity contribution in [1.82, 2.24) is 14.7 Å². The Morgan fingerprint density at radius 3 is 2.43 bits per heavy atom. The van der Waals surface area contributed by atoms with Gasteiger partial charge >= 0.3 is 0 Å². The summed E-state index contributed by atoms with van der Waals surface area (Å²) in [6.07, 6.45) is 5.30. The van der Waals surface area contributed by atoms with Crippen LogP contribution in [0.15, 0.2) is 6.20 Å². The zero-order valence-electron chi connectivity index (χ0n) is 14.0. The molecule has 0 radical (unpaired) electrons. The number of nitrogens with zero attached hydrogens (tertiary/aromatic N) is 3. The van der Waals surface area contributed by atoms with Gasteiger partial charge in [-0.2, -0.15) is 5.10 Å². The lowest BCUT2D eigenvalue weighted by molar-refractivity contribution is -0.0390. The van der Waals surface area contributed by atoms with E-state index < -0.39 is 5.60 Å². The van der Waals surface area contributed by atoms with E-state index in [1.54, 1.807) is 13.3 Å². The normalized spacial score (nSPS) is 20.7. The summed E-state index contributed by atoms with van der Waals surface area (Å²) in [5.74, 6) is 0.705. The van der Waals surface area contributed by atoms with E-state index in [9.17, 15) is 5.11 Å². The minimum Gasteiger partial charge on any atom is -0.493 e. The summed E-state index contributed by atoms with van der Waals surface area (Å²) < 4.78 is 7.36. The van der Waals surface area contributed by atoms with Gasteiger partial charge in [0.2, 0.25) is 0 Å². The largest absolute Gasteiger partial charge is 0.493 e. The van der Waals surface area contributed by atoms with E-state index in [1.165, 1.54) is 0 Å². The molecule has 0 bridgehead atoms. The third-order valence-electron chi connectivity index (χ3n) is 4.66. The first-order chi connectivity index (χ1) is 9.77. The van der Waals surface area contributed by atoms with Gasteiger partial charge in [-0.15, -0.1) is 0 Å². The summed E-state index contributed by atoms with van der Waals surface area (Å²) in [4.78, 5) is 2.12. The average molecular weight is 295 g/mol. The molecular formula is C16H29N3O2. The van der Waals surface area contributed by atoms with Gasteiger partial charge in [-0.25, -0.2) is 0 Å². The molecule has 1 aliphatic carbocycles. The molecule has 1 N–H and O–H groups in total. The highest BCUT2D eigenvalue weighted by molar-refractivity contribution is 5.31. The predicted molar refractivity (Wildman–Crippen MR) is 83.5 cm³/mol. The fourth-order valence-electron chi connectivity index (χ4n) is 3.03. The summed E-state index contributed by atoms with van der Waals surface area (Å²) in [5, 5.41) is 15.6. The Morgan fingerprint density at radius 1 is 1.29 bits per heavy atom. The molecule has 1 aromatic heterocycles. The molecule has 1 aromatic rings. The Bertz CT molecular complexity index is 470. The smallest absolute Gasteiger partial charge is 0.162 e. The number of rotatable bonds is 5. The Morgan fingerprint density at radius 2 is 1.90 bits per heavy atom. The second-order valence-corrected chi connectivity index (χ2v) is 7.28. The van der Waals surface area contributed by atoms with Crippen LogP contribution in [0.25, 0.3) is 0 Å². The number of methoxy groups -OCH3 is 1. The van der Waals surface area contributed by atoms with Crippen molar-refractivity contribution >= 4 is 0 Å². The van der Waals surface area contributed by atoms with Crippen LogP contribution in [-0.2, 0) is 12.1 Å². The summed E-state index contributed by atoms with van der Waals surface area (Å²) in [7, 11) is 5.73. The van der Waals surface area contributed by atoms with Crippen LogP contribution in [0.2, 0.25) is 0 Å². The molecule has 0 atom stereocenters. The monoisotopic (exact) mass is 295 g/mol. The van der Waals surface area contributed by atoms with E-state index in [0.29, 0.717) is 11.2 Å². The fourth-order valence-corrected chi connectivity index (χ4v) is 3.03. The topological polar surface area (TPSA) is 50.5 Å². The van der Waals surface area contributed by atoms with E-state index >= 15 is 0 Å². The molecule has 0 spiro atoms. The van der Waals surface area contributed by atoms with Gasteiger partial charge in [0.25, 0.3) is 0 Å². The molecule has 0 saturated heterocycles. The lowest BCUT2D eigenvalue weighted by Crippen LogP contribution is -2.37.